The summed E-state index contributed by atoms with van der Waals surface area (Å²) < 4.78 is 5.53. The van der Waals surface area contributed by atoms with Crippen LogP contribution in [0.3, 0.4) is 0 Å². The second-order valence-electron chi connectivity index (χ2n) is 3.71. The lowest BCUT2D eigenvalue weighted by atomic mass is 10.2. The molecule has 0 aliphatic rings. The Morgan fingerprint density at radius 1 is 1.47 bits per heavy atom. The quantitative estimate of drug-likeness (QED) is 0.875. The molecule has 3 nitrogen and oxygen atoms in total. The topological polar surface area (TPSA) is 34.1 Å². The Bertz CT molecular complexity index is 456. The van der Waals surface area contributed by atoms with Crippen LogP contribution in [-0.2, 0) is 0 Å². The number of nitrogens with zero attached hydrogens (tertiary/aromatic N) is 1. The fourth-order valence-electron chi connectivity index (χ4n) is 1.58. The Hall–Kier alpha value is -1.55. The van der Waals surface area contributed by atoms with Gasteiger partial charge in [-0.2, -0.15) is 11.3 Å². The molecule has 1 N–H and O–H groups in total. The highest BCUT2D eigenvalue weighted by Gasteiger charge is 2.09. The number of pyridine rings is 1. The number of hydrogen-bond donors (Lipinski definition) is 1. The van der Waals surface area contributed by atoms with Gasteiger partial charge in [0.05, 0.1) is 12.6 Å². The molecule has 0 spiro atoms. The van der Waals surface area contributed by atoms with Crippen LogP contribution < -0.4 is 10.1 Å². The van der Waals surface area contributed by atoms with Gasteiger partial charge in [-0.1, -0.05) is 0 Å². The summed E-state index contributed by atoms with van der Waals surface area (Å²) in [5.41, 5.74) is 1.27. The Kier molecular flexibility index (Phi) is 3.98. The molecule has 90 valence electrons. The lowest BCUT2D eigenvalue weighted by molar-refractivity contribution is 0.340. The highest BCUT2D eigenvalue weighted by atomic mass is 32.1. The molecule has 2 heterocycles. The van der Waals surface area contributed by atoms with Crippen molar-refractivity contribution >= 4 is 17.2 Å². The maximum atomic E-state index is 5.53. The molecule has 0 saturated carbocycles. The van der Waals surface area contributed by atoms with E-state index in [4.69, 9.17) is 4.74 Å². The van der Waals surface area contributed by atoms with E-state index in [2.05, 4.69) is 34.1 Å². The summed E-state index contributed by atoms with van der Waals surface area (Å²) in [6, 6.07) is 6.16. The number of aromatic nitrogens is 1. The van der Waals surface area contributed by atoms with Crippen LogP contribution in [0, 0.1) is 0 Å². The number of rotatable bonds is 5. The first-order chi connectivity index (χ1) is 8.31. The largest absolute Gasteiger partial charge is 0.490 e. The van der Waals surface area contributed by atoms with Gasteiger partial charge in [0.1, 0.15) is 0 Å². The van der Waals surface area contributed by atoms with Crippen molar-refractivity contribution in [1.82, 2.24) is 4.98 Å². The fraction of sp³-hybridized carbons (Fsp3) is 0.308. The zero-order chi connectivity index (χ0) is 12.1. The van der Waals surface area contributed by atoms with E-state index in [1.807, 2.05) is 19.1 Å². The highest BCUT2D eigenvalue weighted by Crippen LogP contribution is 2.26. The minimum Gasteiger partial charge on any atom is -0.490 e. The molecule has 0 fully saturated rings. The van der Waals surface area contributed by atoms with Crippen molar-refractivity contribution in [2.24, 2.45) is 0 Å². The molecule has 0 aliphatic heterocycles. The first-order valence-corrected chi connectivity index (χ1v) is 6.62. The SMILES string of the molecule is CCOc1cccnc1NC(C)c1ccsc1. The molecule has 1 atom stereocenters. The van der Waals surface area contributed by atoms with Crippen LogP contribution in [0.4, 0.5) is 5.82 Å². The maximum absolute atomic E-state index is 5.53. The molecule has 1 unspecified atom stereocenters. The van der Waals surface area contributed by atoms with Gasteiger partial charge in [-0.25, -0.2) is 4.98 Å². The Labute approximate surface area is 105 Å². The van der Waals surface area contributed by atoms with E-state index in [0.717, 1.165) is 11.6 Å². The minimum atomic E-state index is 0.232. The van der Waals surface area contributed by atoms with Crippen molar-refractivity contribution in [3.8, 4) is 5.75 Å². The van der Waals surface area contributed by atoms with Crippen molar-refractivity contribution in [3.05, 3.63) is 40.7 Å². The van der Waals surface area contributed by atoms with Crippen molar-refractivity contribution in [3.63, 3.8) is 0 Å². The number of hydrogen-bond acceptors (Lipinski definition) is 4. The van der Waals surface area contributed by atoms with Crippen molar-refractivity contribution in [2.45, 2.75) is 19.9 Å². The van der Waals surface area contributed by atoms with E-state index in [0.29, 0.717) is 6.61 Å². The molecule has 4 heteroatoms. The third-order valence-corrected chi connectivity index (χ3v) is 3.17. The van der Waals surface area contributed by atoms with Gasteiger partial charge in [0, 0.05) is 6.20 Å². The maximum Gasteiger partial charge on any atom is 0.169 e. The summed E-state index contributed by atoms with van der Waals surface area (Å²) in [6.45, 7) is 4.73. The average Bonchev–Trinajstić information content (AvgIpc) is 2.85. The molecule has 0 aromatic carbocycles. The zero-order valence-corrected chi connectivity index (χ0v) is 10.8. The lowest BCUT2D eigenvalue weighted by Gasteiger charge is -2.16. The van der Waals surface area contributed by atoms with Crippen LogP contribution in [0.25, 0.3) is 0 Å². The Morgan fingerprint density at radius 3 is 3.06 bits per heavy atom. The molecule has 2 aromatic rings. The number of thiophene rings is 1. The van der Waals surface area contributed by atoms with Gasteiger partial charge < -0.3 is 10.1 Å². The molecule has 0 bridgehead atoms. The molecule has 0 saturated heterocycles. The van der Waals surface area contributed by atoms with Gasteiger partial charge in [-0.05, 0) is 48.4 Å². The Morgan fingerprint density at radius 2 is 2.35 bits per heavy atom. The van der Waals surface area contributed by atoms with Crippen LogP contribution in [0.5, 0.6) is 5.75 Å². The van der Waals surface area contributed by atoms with E-state index < -0.39 is 0 Å². The predicted octanol–water partition coefficient (Wildman–Crippen LogP) is 3.71. The highest BCUT2D eigenvalue weighted by molar-refractivity contribution is 7.07. The van der Waals surface area contributed by atoms with E-state index in [1.165, 1.54) is 5.56 Å². The average molecular weight is 248 g/mol. The van der Waals surface area contributed by atoms with E-state index in [9.17, 15) is 0 Å². The molecule has 0 radical (unpaired) electrons. The predicted molar refractivity (Wildman–Crippen MR) is 71.8 cm³/mol. The third kappa shape index (κ3) is 2.97. The van der Waals surface area contributed by atoms with Gasteiger partial charge in [0.2, 0.25) is 0 Å². The minimum absolute atomic E-state index is 0.232. The second kappa shape index (κ2) is 5.68. The van der Waals surface area contributed by atoms with E-state index >= 15 is 0 Å². The number of anilines is 1. The first-order valence-electron chi connectivity index (χ1n) is 5.67. The molecular weight excluding hydrogens is 232 g/mol. The normalized spacial score (nSPS) is 12.1. The molecule has 2 aromatic heterocycles. The van der Waals surface area contributed by atoms with Crippen molar-refractivity contribution < 1.29 is 4.74 Å². The van der Waals surface area contributed by atoms with Crippen LogP contribution in [0.15, 0.2) is 35.2 Å². The van der Waals surface area contributed by atoms with Crippen LogP contribution in [0.1, 0.15) is 25.5 Å². The van der Waals surface area contributed by atoms with Gasteiger partial charge in [-0.15, -0.1) is 0 Å². The molecule has 0 amide bonds. The van der Waals surface area contributed by atoms with Crippen LogP contribution in [0.2, 0.25) is 0 Å². The first kappa shape index (κ1) is 11.9. The summed E-state index contributed by atoms with van der Waals surface area (Å²) in [4.78, 5) is 4.31. The van der Waals surface area contributed by atoms with Gasteiger partial charge in [0.15, 0.2) is 11.6 Å². The van der Waals surface area contributed by atoms with Crippen LogP contribution in [-0.4, -0.2) is 11.6 Å². The second-order valence-corrected chi connectivity index (χ2v) is 4.49. The summed E-state index contributed by atoms with van der Waals surface area (Å²) in [5.74, 6) is 1.60. The van der Waals surface area contributed by atoms with E-state index in [-0.39, 0.29) is 6.04 Å². The molecule has 0 aliphatic carbocycles. The summed E-state index contributed by atoms with van der Waals surface area (Å²) in [5, 5.41) is 7.59. The summed E-state index contributed by atoms with van der Waals surface area (Å²) >= 11 is 1.70. The monoisotopic (exact) mass is 248 g/mol. The smallest absolute Gasteiger partial charge is 0.169 e. The zero-order valence-electron chi connectivity index (χ0n) is 10.0. The summed E-state index contributed by atoms with van der Waals surface area (Å²) in [7, 11) is 0. The lowest BCUT2D eigenvalue weighted by Crippen LogP contribution is -2.08. The van der Waals surface area contributed by atoms with Crippen molar-refractivity contribution in [2.75, 3.05) is 11.9 Å². The standard InChI is InChI=1S/C13H16N2OS/c1-3-16-12-5-4-7-14-13(12)15-10(2)11-6-8-17-9-11/h4-10H,3H2,1-2H3,(H,14,15). The molecule has 2 rings (SSSR count). The molecular formula is C13H16N2OS. The third-order valence-electron chi connectivity index (χ3n) is 2.47. The van der Waals surface area contributed by atoms with E-state index in [1.54, 1.807) is 17.5 Å². The van der Waals surface area contributed by atoms with Crippen LogP contribution >= 0.6 is 11.3 Å². The fourth-order valence-corrected chi connectivity index (χ4v) is 2.33. The summed E-state index contributed by atoms with van der Waals surface area (Å²) in [6.07, 6.45) is 1.77. The Balaban J connectivity index is 2.12. The molecule has 17 heavy (non-hydrogen) atoms. The van der Waals surface area contributed by atoms with Gasteiger partial charge in [0.25, 0.3) is 0 Å². The van der Waals surface area contributed by atoms with Gasteiger partial charge >= 0.3 is 0 Å². The number of nitrogens with one attached hydrogen (secondary N) is 1. The number of ether oxygens (including phenoxy) is 1. The van der Waals surface area contributed by atoms with Gasteiger partial charge in [-0.3, -0.25) is 0 Å². The van der Waals surface area contributed by atoms with Crippen molar-refractivity contribution in [1.29, 1.82) is 0 Å².